The molecular weight excluding hydrogens is 186 g/mol. The summed E-state index contributed by atoms with van der Waals surface area (Å²) in [5.41, 5.74) is 1.71. The Kier molecular flexibility index (Phi) is 2.00. The molecule has 1 aromatic carbocycles. The molecule has 0 unspecified atom stereocenters. The van der Waals surface area contributed by atoms with Gasteiger partial charge in [-0.3, -0.25) is 4.79 Å². The van der Waals surface area contributed by atoms with Crippen molar-refractivity contribution in [3.05, 3.63) is 34.3 Å². The molecule has 1 aliphatic rings. The predicted molar refractivity (Wildman–Crippen MR) is 52.1 cm³/mol. The van der Waals surface area contributed by atoms with Gasteiger partial charge in [0, 0.05) is 23.7 Å². The van der Waals surface area contributed by atoms with Gasteiger partial charge in [0.15, 0.2) is 0 Å². The van der Waals surface area contributed by atoms with E-state index < -0.39 is 0 Å². The van der Waals surface area contributed by atoms with Crippen molar-refractivity contribution in [3.63, 3.8) is 0 Å². The molecule has 0 spiro atoms. The molecule has 1 aromatic rings. The Balaban J connectivity index is 2.33. The van der Waals surface area contributed by atoms with Crippen LogP contribution in [0.4, 0.5) is 0 Å². The van der Waals surface area contributed by atoms with Crippen LogP contribution in [-0.4, -0.2) is 23.9 Å². The first-order chi connectivity index (χ1) is 6.18. The third kappa shape index (κ3) is 1.68. The minimum atomic E-state index is 0.120. The van der Waals surface area contributed by atoms with Crippen molar-refractivity contribution in [2.75, 3.05) is 13.1 Å². The summed E-state index contributed by atoms with van der Waals surface area (Å²) in [7, 11) is 0. The van der Waals surface area contributed by atoms with Gasteiger partial charge in [0.05, 0.1) is 0 Å². The zero-order valence-corrected chi connectivity index (χ0v) is 8.14. The molecule has 68 valence electrons. The van der Waals surface area contributed by atoms with Crippen LogP contribution in [0.2, 0.25) is 5.02 Å². The van der Waals surface area contributed by atoms with Crippen molar-refractivity contribution in [2.45, 2.75) is 6.92 Å². The highest BCUT2D eigenvalue weighted by Gasteiger charge is 2.25. The van der Waals surface area contributed by atoms with Gasteiger partial charge in [-0.2, -0.15) is 0 Å². The number of carbonyl (C=O) groups is 1. The summed E-state index contributed by atoms with van der Waals surface area (Å²) >= 11 is 5.79. The van der Waals surface area contributed by atoms with Gasteiger partial charge in [0.2, 0.25) is 0 Å². The number of aryl methyl sites for hydroxylation is 1. The van der Waals surface area contributed by atoms with E-state index >= 15 is 0 Å². The molecule has 0 aliphatic carbocycles. The van der Waals surface area contributed by atoms with Gasteiger partial charge in [-0.05, 0) is 30.7 Å². The number of carbonyl (C=O) groups excluding carboxylic acids is 1. The molecule has 1 saturated heterocycles. The molecule has 1 aliphatic heterocycles. The maximum absolute atomic E-state index is 11.6. The third-order valence-electron chi connectivity index (χ3n) is 2.15. The second kappa shape index (κ2) is 3.04. The van der Waals surface area contributed by atoms with Gasteiger partial charge < -0.3 is 4.90 Å². The van der Waals surface area contributed by atoms with E-state index in [1.54, 1.807) is 17.0 Å². The van der Waals surface area contributed by atoms with Crippen LogP contribution in [0.1, 0.15) is 15.9 Å². The first kappa shape index (κ1) is 8.57. The van der Waals surface area contributed by atoms with Crippen LogP contribution in [0.25, 0.3) is 0 Å². The van der Waals surface area contributed by atoms with Crippen LogP contribution < -0.4 is 0 Å². The predicted octanol–water partition coefficient (Wildman–Crippen LogP) is 2.10. The van der Waals surface area contributed by atoms with E-state index in [-0.39, 0.29) is 5.91 Å². The summed E-state index contributed by atoms with van der Waals surface area (Å²) in [6.07, 6.45) is 0. The molecule has 13 heavy (non-hydrogen) atoms. The maximum atomic E-state index is 11.6. The molecule has 0 aromatic heterocycles. The van der Waals surface area contributed by atoms with Crippen LogP contribution in [0, 0.1) is 6.92 Å². The molecule has 1 amide bonds. The quantitative estimate of drug-likeness (QED) is 0.629. The third-order valence-corrected chi connectivity index (χ3v) is 2.39. The fourth-order valence-electron chi connectivity index (χ4n) is 1.29. The molecule has 0 radical (unpaired) electrons. The van der Waals surface area contributed by atoms with Crippen molar-refractivity contribution in [3.8, 4) is 0 Å². The Hall–Kier alpha value is -1.02. The summed E-state index contributed by atoms with van der Waals surface area (Å²) in [5, 5.41) is 0.680. The molecule has 0 bridgehead atoms. The molecule has 0 N–H and O–H groups in total. The lowest BCUT2D eigenvalue weighted by atomic mass is 10.1. The smallest absolute Gasteiger partial charge is 0.254 e. The molecule has 1 fully saturated rings. The van der Waals surface area contributed by atoms with E-state index in [0.29, 0.717) is 5.02 Å². The van der Waals surface area contributed by atoms with E-state index in [2.05, 4.69) is 0 Å². The largest absolute Gasteiger partial charge is 0.335 e. The molecule has 0 atom stereocenters. The summed E-state index contributed by atoms with van der Waals surface area (Å²) in [6.45, 7) is 3.68. The van der Waals surface area contributed by atoms with Crippen LogP contribution >= 0.6 is 11.6 Å². The Labute approximate surface area is 82.1 Å². The second-order valence-corrected chi connectivity index (χ2v) is 3.69. The Morgan fingerprint density at radius 3 is 2.69 bits per heavy atom. The molecule has 3 heteroatoms. The zero-order valence-electron chi connectivity index (χ0n) is 7.38. The van der Waals surface area contributed by atoms with Gasteiger partial charge >= 0.3 is 0 Å². The van der Waals surface area contributed by atoms with Crippen molar-refractivity contribution in [1.29, 1.82) is 0 Å². The number of nitrogens with zero attached hydrogens (tertiary/aromatic N) is 1. The van der Waals surface area contributed by atoms with E-state index in [0.717, 1.165) is 24.2 Å². The van der Waals surface area contributed by atoms with Gasteiger partial charge in [0.25, 0.3) is 5.91 Å². The standard InChI is InChI=1S/C10H10ClNO/c1-7-6-8(11)2-3-9(7)10(13)12-4-5-12/h2-3,6H,4-5H2,1H3. The lowest BCUT2D eigenvalue weighted by Crippen LogP contribution is -2.11. The van der Waals surface area contributed by atoms with E-state index in [9.17, 15) is 4.79 Å². The summed E-state index contributed by atoms with van der Waals surface area (Å²) in [6, 6.07) is 5.36. The van der Waals surface area contributed by atoms with Crippen molar-refractivity contribution in [2.24, 2.45) is 0 Å². The van der Waals surface area contributed by atoms with Crippen molar-refractivity contribution >= 4 is 17.5 Å². The molecule has 2 nitrogen and oxygen atoms in total. The van der Waals surface area contributed by atoms with Gasteiger partial charge in [-0.15, -0.1) is 0 Å². The average Bonchev–Trinajstić information content (AvgIpc) is 2.85. The van der Waals surface area contributed by atoms with E-state index in [1.165, 1.54) is 0 Å². The SMILES string of the molecule is Cc1cc(Cl)ccc1C(=O)N1CC1. The van der Waals surface area contributed by atoms with E-state index in [1.807, 2.05) is 13.0 Å². The summed E-state index contributed by atoms with van der Waals surface area (Å²) in [5.74, 6) is 0.120. The number of rotatable bonds is 1. The molecular formula is C10H10ClNO. The lowest BCUT2D eigenvalue weighted by Gasteiger charge is -2.05. The Bertz CT molecular complexity index is 358. The van der Waals surface area contributed by atoms with Crippen LogP contribution in [0.3, 0.4) is 0 Å². The van der Waals surface area contributed by atoms with Crippen molar-refractivity contribution < 1.29 is 4.79 Å². The fourth-order valence-corrected chi connectivity index (χ4v) is 1.52. The molecule has 0 saturated carbocycles. The Morgan fingerprint density at radius 1 is 1.46 bits per heavy atom. The minimum Gasteiger partial charge on any atom is -0.335 e. The number of amides is 1. The highest BCUT2D eigenvalue weighted by Crippen LogP contribution is 2.19. The highest BCUT2D eigenvalue weighted by molar-refractivity contribution is 6.30. The van der Waals surface area contributed by atoms with Gasteiger partial charge in [-0.1, -0.05) is 11.6 Å². The van der Waals surface area contributed by atoms with Gasteiger partial charge in [-0.25, -0.2) is 0 Å². The second-order valence-electron chi connectivity index (χ2n) is 3.25. The molecule has 1 heterocycles. The van der Waals surface area contributed by atoms with Gasteiger partial charge in [0.1, 0.15) is 0 Å². The van der Waals surface area contributed by atoms with Crippen LogP contribution in [0.15, 0.2) is 18.2 Å². The number of hydrogen-bond donors (Lipinski definition) is 0. The maximum Gasteiger partial charge on any atom is 0.254 e. The van der Waals surface area contributed by atoms with Crippen LogP contribution in [0.5, 0.6) is 0 Å². The number of benzene rings is 1. The zero-order chi connectivity index (χ0) is 9.42. The first-order valence-electron chi connectivity index (χ1n) is 4.24. The summed E-state index contributed by atoms with van der Waals surface area (Å²) < 4.78 is 0. The monoisotopic (exact) mass is 195 g/mol. The lowest BCUT2D eigenvalue weighted by molar-refractivity contribution is 0.0885. The van der Waals surface area contributed by atoms with E-state index in [4.69, 9.17) is 11.6 Å². The highest BCUT2D eigenvalue weighted by atomic mass is 35.5. The van der Waals surface area contributed by atoms with Crippen LogP contribution in [-0.2, 0) is 0 Å². The average molecular weight is 196 g/mol. The Morgan fingerprint density at radius 2 is 2.15 bits per heavy atom. The molecule has 2 rings (SSSR count). The first-order valence-corrected chi connectivity index (χ1v) is 4.62. The number of halogens is 1. The number of hydrogen-bond acceptors (Lipinski definition) is 1. The minimum absolute atomic E-state index is 0.120. The van der Waals surface area contributed by atoms with Crippen molar-refractivity contribution in [1.82, 2.24) is 4.90 Å². The topological polar surface area (TPSA) is 20.1 Å². The fraction of sp³-hybridized carbons (Fsp3) is 0.300. The summed E-state index contributed by atoms with van der Waals surface area (Å²) in [4.78, 5) is 13.4. The normalized spacial score (nSPS) is 14.5.